The van der Waals surface area contributed by atoms with E-state index < -0.39 is 25.6 Å². The van der Waals surface area contributed by atoms with Crippen molar-refractivity contribution in [3.05, 3.63) is 0 Å². The Morgan fingerprint density at radius 2 is 1.75 bits per heavy atom. The summed E-state index contributed by atoms with van der Waals surface area (Å²) in [5, 5.41) is 0. The van der Waals surface area contributed by atoms with Crippen LogP contribution in [0.15, 0.2) is 0 Å². The van der Waals surface area contributed by atoms with E-state index >= 15 is 0 Å². The number of rotatable bonds is 7. The number of piperidine rings is 1. The maximum Gasteiger partial charge on any atom is 0.213 e. The molecule has 1 aliphatic heterocycles. The molecule has 0 aromatic carbocycles. The Labute approximate surface area is 121 Å². The molecule has 1 saturated heterocycles. The second-order valence-electron chi connectivity index (χ2n) is 5.20. The molecule has 7 nitrogen and oxygen atoms in total. The first-order valence-corrected chi connectivity index (χ1v) is 10.1. The summed E-state index contributed by atoms with van der Waals surface area (Å²) in [4.78, 5) is 0. The molecule has 0 atom stereocenters. The third-order valence-corrected chi connectivity index (χ3v) is 6.31. The fourth-order valence-electron chi connectivity index (χ4n) is 2.47. The summed E-state index contributed by atoms with van der Waals surface area (Å²) < 4.78 is 55.8. The molecule has 120 valence electrons. The minimum Gasteiger partial charge on any atom is -0.385 e. The molecule has 1 rings (SSSR count). The molecular weight excluding hydrogens is 304 g/mol. The molecule has 0 spiro atoms. The van der Waals surface area contributed by atoms with Crippen molar-refractivity contribution in [2.24, 2.45) is 0 Å². The average Bonchev–Trinajstić information content (AvgIpc) is 2.35. The van der Waals surface area contributed by atoms with E-state index in [0.717, 1.165) is 6.26 Å². The summed E-state index contributed by atoms with van der Waals surface area (Å²) in [7, 11) is -5.00. The maximum atomic E-state index is 11.8. The molecule has 0 unspecified atom stereocenters. The molecule has 1 fully saturated rings. The maximum absolute atomic E-state index is 11.8. The summed E-state index contributed by atoms with van der Waals surface area (Å²) in [6, 6.07) is 0. The predicted octanol–water partition coefficient (Wildman–Crippen LogP) is -0.244. The molecule has 9 heteroatoms. The van der Waals surface area contributed by atoms with Gasteiger partial charge in [-0.3, -0.25) is 0 Å². The van der Waals surface area contributed by atoms with Gasteiger partial charge in [0, 0.05) is 32.3 Å². The molecule has 1 aliphatic rings. The van der Waals surface area contributed by atoms with Gasteiger partial charge in [0.25, 0.3) is 0 Å². The SMILES string of the molecule is CCS(=O)(=O)N1CCC(CCOC)(NS(C)(=O)=O)CC1. The van der Waals surface area contributed by atoms with Crippen LogP contribution >= 0.6 is 0 Å². The first-order chi connectivity index (χ1) is 9.14. The van der Waals surface area contributed by atoms with E-state index in [1.165, 1.54) is 4.31 Å². The van der Waals surface area contributed by atoms with Crippen molar-refractivity contribution in [2.75, 3.05) is 38.8 Å². The van der Waals surface area contributed by atoms with Gasteiger partial charge < -0.3 is 4.74 Å². The van der Waals surface area contributed by atoms with Crippen molar-refractivity contribution in [1.82, 2.24) is 9.03 Å². The summed E-state index contributed by atoms with van der Waals surface area (Å²) in [5.41, 5.74) is -0.608. The lowest BCUT2D eigenvalue weighted by atomic mass is 9.86. The van der Waals surface area contributed by atoms with Gasteiger partial charge in [0.15, 0.2) is 0 Å². The van der Waals surface area contributed by atoms with Gasteiger partial charge in [-0.1, -0.05) is 0 Å². The average molecular weight is 328 g/mol. The van der Waals surface area contributed by atoms with Crippen molar-refractivity contribution < 1.29 is 21.6 Å². The van der Waals surface area contributed by atoms with Gasteiger partial charge in [0.1, 0.15) is 0 Å². The van der Waals surface area contributed by atoms with Gasteiger partial charge >= 0.3 is 0 Å². The lowest BCUT2D eigenvalue weighted by Crippen LogP contribution is -2.56. The molecule has 1 heterocycles. The number of sulfonamides is 2. The third kappa shape index (κ3) is 4.96. The Balaban J connectivity index is 2.81. The van der Waals surface area contributed by atoms with E-state index in [1.54, 1.807) is 14.0 Å². The predicted molar refractivity (Wildman–Crippen MR) is 77.5 cm³/mol. The van der Waals surface area contributed by atoms with Crippen LogP contribution in [0.3, 0.4) is 0 Å². The van der Waals surface area contributed by atoms with E-state index in [2.05, 4.69) is 4.72 Å². The molecule has 0 radical (unpaired) electrons. The van der Waals surface area contributed by atoms with Gasteiger partial charge in [-0.05, 0) is 26.2 Å². The molecule has 0 aromatic heterocycles. The summed E-state index contributed by atoms with van der Waals surface area (Å²) in [6.07, 6.45) is 2.58. The Morgan fingerprint density at radius 1 is 1.20 bits per heavy atom. The minimum absolute atomic E-state index is 0.0670. The van der Waals surface area contributed by atoms with Crippen LogP contribution in [0.2, 0.25) is 0 Å². The smallest absolute Gasteiger partial charge is 0.213 e. The van der Waals surface area contributed by atoms with Crippen LogP contribution in [0, 0.1) is 0 Å². The number of hydrogen-bond donors (Lipinski definition) is 1. The summed E-state index contributed by atoms with van der Waals surface area (Å²) in [5.74, 6) is 0.0670. The fourth-order valence-corrected chi connectivity index (χ4v) is 4.67. The molecule has 20 heavy (non-hydrogen) atoms. The molecule has 0 amide bonds. The Morgan fingerprint density at radius 3 is 2.15 bits per heavy atom. The van der Waals surface area contributed by atoms with Crippen LogP contribution in [-0.2, 0) is 24.8 Å². The third-order valence-electron chi connectivity index (χ3n) is 3.62. The van der Waals surface area contributed by atoms with E-state index in [4.69, 9.17) is 4.74 Å². The largest absolute Gasteiger partial charge is 0.385 e. The number of nitrogens with one attached hydrogen (secondary N) is 1. The topological polar surface area (TPSA) is 92.8 Å². The molecule has 0 saturated carbocycles. The Kier molecular flexibility index (Phi) is 5.97. The van der Waals surface area contributed by atoms with E-state index in [1.807, 2.05) is 0 Å². The van der Waals surface area contributed by atoms with Crippen molar-refractivity contribution >= 4 is 20.0 Å². The van der Waals surface area contributed by atoms with Crippen LogP contribution in [0.4, 0.5) is 0 Å². The lowest BCUT2D eigenvalue weighted by molar-refractivity contribution is 0.132. The normalized spacial score (nSPS) is 20.9. The zero-order chi connectivity index (χ0) is 15.4. The molecular formula is C11H24N2O5S2. The van der Waals surface area contributed by atoms with Gasteiger partial charge in [-0.2, -0.15) is 0 Å². The van der Waals surface area contributed by atoms with Crippen molar-refractivity contribution in [3.8, 4) is 0 Å². The minimum atomic E-state index is -3.34. The Hall–Kier alpha value is -0.220. The van der Waals surface area contributed by atoms with E-state index in [-0.39, 0.29) is 5.75 Å². The highest BCUT2D eigenvalue weighted by Crippen LogP contribution is 2.28. The monoisotopic (exact) mass is 328 g/mol. The van der Waals surface area contributed by atoms with Crippen LogP contribution in [0.5, 0.6) is 0 Å². The summed E-state index contributed by atoms with van der Waals surface area (Å²) >= 11 is 0. The van der Waals surface area contributed by atoms with E-state index in [0.29, 0.717) is 39.0 Å². The van der Waals surface area contributed by atoms with Crippen molar-refractivity contribution in [2.45, 2.75) is 31.7 Å². The number of ether oxygens (including phenoxy) is 1. The van der Waals surface area contributed by atoms with Crippen LogP contribution in [0.25, 0.3) is 0 Å². The molecule has 0 aromatic rings. The fraction of sp³-hybridized carbons (Fsp3) is 1.00. The second kappa shape index (κ2) is 6.69. The zero-order valence-electron chi connectivity index (χ0n) is 12.3. The first-order valence-electron chi connectivity index (χ1n) is 6.60. The summed E-state index contributed by atoms with van der Waals surface area (Å²) in [6.45, 7) is 2.71. The van der Waals surface area contributed by atoms with Crippen molar-refractivity contribution in [1.29, 1.82) is 0 Å². The zero-order valence-corrected chi connectivity index (χ0v) is 13.9. The Bertz CT molecular complexity index is 507. The standard InChI is InChI=1S/C11H24N2O5S2/c1-4-20(16,17)13-8-5-11(6-9-13,7-10-18-2)12-19(3,14)15/h12H,4-10H2,1-3H3. The van der Waals surface area contributed by atoms with Gasteiger partial charge in [-0.15, -0.1) is 0 Å². The van der Waals surface area contributed by atoms with Crippen LogP contribution < -0.4 is 4.72 Å². The highest BCUT2D eigenvalue weighted by molar-refractivity contribution is 7.89. The number of hydrogen-bond acceptors (Lipinski definition) is 5. The molecule has 0 bridgehead atoms. The second-order valence-corrected chi connectivity index (χ2v) is 9.20. The highest BCUT2D eigenvalue weighted by Gasteiger charge is 2.39. The molecule has 1 N–H and O–H groups in total. The lowest BCUT2D eigenvalue weighted by Gasteiger charge is -2.41. The van der Waals surface area contributed by atoms with Gasteiger partial charge in [0.2, 0.25) is 20.0 Å². The molecule has 0 aliphatic carbocycles. The van der Waals surface area contributed by atoms with Crippen LogP contribution in [0.1, 0.15) is 26.2 Å². The van der Waals surface area contributed by atoms with Gasteiger partial charge in [0.05, 0.1) is 12.0 Å². The van der Waals surface area contributed by atoms with Crippen molar-refractivity contribution in [3.63, 3.8) is 0 Å². The number of methoxy groups -OCH3 is 1. The van der Waals surface area contributed by atoms with Gasteiger partial charge in [-0.25, -0.2) is 25.9 Å². The van der Waals surface area contributed by atoms with E-state index in [9.17, 15) is 16.8 Å². The first kappa shape index (κ1) is 17.8. The number of nitrogens with zero attached hydrogens (tertiary/aromatic N) is 1. The highest BCUT2D eigenvalue weighted by atomic mass is 32.2. The quantitative estimate of drug-likeness (QED) is 0.696. The van der Waals surface area contributed by atoms with Crippen LogP contribution in [-0.4, -0.2) is 65.5 Å².